The third-order valence-electron chi connectivity index (χ3n) is 6.53. The maximum absolute atomic E-state index is 12.9. The van der Waals surface area contributed by atoms with E-state index in [0.29, 0.717) is 0 Å². The Morgan fingerprint density at radius 2 is 1.74 bits per heavy atom. The van der Waals surface area contributed by atoms with Crippen LogP contribution in [0.25, 0.3) is 0 Å². The number of benzene rings is 1. The van der Waals surface area contributed by atoms with Gasteiger partial charge in [0.05, 0.1) is 34.5 Å². The van der Waals surface area contributed by atoms with E-state index in [1.807, 2.05) is 13.8 Å². The fourth-order valence-corrected chi connectivity index (χ4v) is 5.57. The number of carbonyl (C=O) groups excluding carboxylic acids is 2. The topological polar surface area (TPSA) is 108 Å². The molecule has 0 aromatic heterocycles. The van der Waals surface area contributed by atoms with Crippen LogP contribution in [0.4, 0.5) is 11.4 Å². The minimum atomic E-state index is -0.441. The van der Waals surface area contributed by atoms with Gasteiger partial charge in [0.25, 0.3) is 5.69 Å². The van der Waals surface area contributed by atoms with E-state index in [4.69, 9.17) is 0 Å². The molecule has 9 heteroatoms. The molecule has 27 heavy (non-hydrogen) atoms. The number of hydrogen-bond acceptors (Lipinski definition) is 7. The zero-order valence-electron chi connectivity index (χ0n) is 14.9. The van der Waals surface area contributed by atoms with Gasteiger partial charge in [-0.1, -0.05) is 5.22 Å². The molecule has 4 aliphatic rings. The van der Waals surface area contributed by atoms with E-state index in [1.54, 1.807) is 17.1 Å². The van der Waals surface area contributed by atoms with Crippen molar-refractivity contribution in [3.63, 3.8) is 0 Å². The quantitative estimate of drug-likeness (QED) is 0.461. The van der Waals surface area contributed by atoms with Crippen molar-refractivity contribution in [2.45, 2.75) is 38.4 Å². The van der Waals surface area contributed by atoms with Crippen LogP contribution in [0.15, 0.2) is 34.6 Å². The fourth-order valence-electron chi connectivity index (χ4n) is 5.57. The highest BCUT2D eigenvalue weighted by Gasteiger charge is 2.70. The van der Waals surface area contributed by atoms with Gasteiger partial charge in [-0.2, -0.15) is 5.11 Å². The molecule has 2 saturated carbocycles. The Morgan fingerprint density at radius 3 is 2.33 bits per heavy atom. The van der Waals surface area contributed by atoms with Crippen LogP contribution in [0, 0.1) is 33.8 Å². The Kier molecular flexibility index (Phi) is 3.23. The summed E-state index contributed by atoms with van der Waals surface area (Å²) in [5.74, 6) is -0.638. The van der Waals surface area contributed by atoms with Crippen LogP contribution in [-0.4, -0.2) is 39.8 Å². The molecule has 6 atom stereocenters. The number of imide groups is 1. The highest BCUT2D eigenvalue weighted by Crippen LogP contribution is 2.60. The Labute approximate surface area is 155 Å². The SMILES string of the molecule is CC(C)N1C(=O)[C@H]2[C@H]3C[C@@H]([C@@H]2C1=O)[C@@H]1[C@@H]3N=NN1c1ccc([N+](=O)[O-])cc1. The van der Waals surface area contributed by atoms with Crippen LogP contribution in [0.2, 0.25) is 0 Å². The first-order valence-electron chi connectivity index (χ1n) is 9.21. The van der Waals surface area contributed by atoms with Gasteiger partial charge in [0.15, 0.2) is 0 Å². The van der Waals surface area contributed by atoms with Crippen molar-refractivity contribution >= 4 is 23.2 Å². The molecule has 2 aliphatic heterocycles. The molecule has 140 valence electrons. The van der Waals surface area contributed by atoms with E-state index in [2.05, 4.69) is 10.3 Å². The molecule has 1 saturated heterocycles. The smallest absolute Gasteiger partial charge is 0.269 e. The monoisotopic (exact) mass is 369 g/mol. The van der Waals surface area contributed by atoms with Gasteiger partial charge in [-0.25, -0.2) is 5.01 Å². The summed E-state index contributed by atoms with van der Waals surface area (Å²) in [5, 5.41) is 21.4. The maximum atomic E-state index is 12.9. The predicted molar refractivity (Wildman–Crippen MR) is 93.6 cm³/mol. The molecule has 2 aliphatic carbocycles. The molecule has 3 fully saturated rings. The van der Waals surface area contributed by atoms with E-state index in [9.17, 15) is 19.7 Å². The lowest BCUT2D eigenvalue weighted by Gasteiger charge is -2.33. The minimum absolute atomic E-state index is 0.0172. The summed E-state index contributed by atoms with van der Waals surface area (Å²) in [7, 11) is 0. The molecule has 1 aromatic rings. The van der Waals surface area contributed by atoms with Gasteiger partial charge in [0.1, 0.15) is 0 Å². The third-order valence-corrected chi connectivity index (χ3v) is 6.53. The lowest BCUT2D eigenvalue weighted by atomic mass is 9.76. The maximum Gasteiger partial charge on any atom is 0.269 e. The number of fused-ring (bicyclic) bond motifs is 8. The van der Waals surface area contributed by atoms with Gasteiger partial charge in [-0.15, -0.1) is 0 Å². The van der Waals surface area contributed by atoms with Gasteiger partial charge in [0, 0.05) is 18.2 Å². The van der Waals surface area contributed by atoms with E-state index in [1.165, 1.54) is 17.0 Å². The summed E-state index contributed by atoms with van der Waals surface area (Å²) in [6.45, 7) is 3.73. The van der Waals surface area contributed by atoms with Crippen molar-refractivity contribution in [2.75, 3.05) is 5.01 Å². The number of anilines is 1. The number of hydrogen-bond donors (Lipinski definition) is 0. The van der Waals surface area contributed by atoms with Gasteiger partial charge >= 0.3 is 0 Å². The highest BCUT2D eigenvalue weighted by molar-refractivity contribution is 6.06. The van der Waals surface area contributed by atoms with Gasteiger partial charge in [-0.3, -0.25) is 24.6 Å². The summed E-state index contributed by atoms with van der Waals surface area (Å²) in [6, 6.07) is 5.90. The van der Waals surface area contributed by atoms with Crippen molar-refractivity contribution in [3.8, 4) is 0 Å². The van der Waals surface area contributed by atoms with E-state index >= 15 is 0 Å². The predicted octanol–water partition coefficient (Wildman–Crippen LogP) is 2.18. The van der Waals surface area contributed by atoms with Crippen molar-refractivity contribution < 1.29 is 14.5 Å². The average molecular weight is 369 g/mol. The molecule has 1 aromatic carbocycles. The van der Waals surface area contributed by atoms with E-state index < -0.39 is 4.92 Å². The second kappa shape index (κ2) is 5.34. The van der Waals surface area contributed by atoms with Gasteiger partial charge in [-0.05, 0) is 44.2 Å². The number of likely N-dealkylation sites (tertiary alicyclic amines) is 1. The first-order chi connectivity index (χ1) is 12.9. The second-order valence-electron chi connectivity index (χ2n) is 8.06. The molecular weight excluding hydrogens is 350 g/mol. The molecule has 0 unspecified atom stereocenters. The molecule has 5 rings (SSSR count). The molecule has 2 heterocycles. The highest BCUT2D eigenvalue weighted by atomic mass is 16.6. The van der Waals surface area contributed by atoms with E-state index in [-0.39, 0.29) is 59.3 Å². The van der Waals surface area contributed by atoms with Gasteiger partial charge < -0.3 is 0 Å². The zero-order chi connectivity index (χ0) is 19.0. The summed E-state index contributed by atoms with van der Waals surface area (Å²) in [6.07, 6.45) is 0.802. The van der Waals surface area contributed by atoms with Crippen molar-refractivity contribution in [1.82, 2.24) is 4.90 Å². The van der Waals surface area contributed by atoms with Gasteiger partial charge in [0.2, 0.25) is 11.8 Å². The molecule has 2 amide bonds. The summed E-state index contributed by atoms with van der Waals surface area (Å²) >= 11 is 0. The Morgan fingerprint density at radius 1 is 1.11 bits per heavy atom. The number of nitro groups is 1. The summed E-state index contributed by atoms with van der Waals surface area (Å²) < 4.78 is 0. The van der Waals surface area contributed by atoms with Crippen molar-refractivity contribution in [1.29, 1.82) is 0 Å². The van der Waals surface area contributed by atoms with Crippen LogP contribution in [-0.2, 0) is 9.59 Å². The number of rotatable bonds is 3. The Balaban J connectivity index is 1.46. The minimum Gasteiger partial charge on any atom is -0.280 e. The average Bonchev–Trinajstić information content (AvgIpc) is 3.35. The molecule has 0 N–H and O–H groups in total. The molecule has 2 bridgehead atoms. The normalized spacial score (nSPS) is 36.1. The first kappa shape index (κ1) is 16.3. The fraction of sp³-hybridized carbons (Fsp3) is 0.556. The number of nitro benzene ring substituents is 1. The van der Waals surface area contributed by atoms with Crippen LogP contribution in [0.5, 0.6) is 0 Å². The van der Waals surface area contributed by atoms with Crippen molar-refractivity contribution in [2.24, 2.45) is 34.0 Å². The summed E-state index contributed by atoms with van der Waals surface area (Å²) in [4.78, 5) is 37.6. The first-order valence-corrected chi connectivity index (χ1v) is 9.21. The zero-order valence-corrected chi connectivity index (χ0v) is 14.9. The van der Waals surface area contributed by atoms with E-state index in [0.717, 1.165) is 12.1 Å². The Bertz CT molecular complexity index is 882. The number of amides is 2. The lowest BCUT2D eigenvalue weighted by Crippen LogP contribution is -2.47. The van der Waals surface area contributed by atoms with Crippen LogP contribution >= 0.6 is 0 Å². The third kappa shape index (κ3) is 1.99. The molecule has 9 nitrogen and oxygen atoms in total. The molecule has 0 radical (unpaired) electrons. The molecular formula is C18H19N5O4. The lowest BCUT2D eigenvalue weighted by molar-refractivity contribution is -0.384. The Hall–Kier alpha value is -2.84. The van der Waals surface area contributed by atoms with Crippen molar-refractivity contribution in [3.05, 3.63) is 34.4 Å². The number of carbonyl (C=O) groups is 2. The van der Waals surface area contributed by atoms with Crippen LogP contribution < -0.4 is 5.01 Å². The second-order valence-corrected chi connectivity index (χ2v) is 8.06. The standard InChI is InChI=1S/C18H19N5O4/c1-8(2)21-17(24)13-11-7-12(14(13)18(21)25)16-15(11)19-20-22(16)9-3-5-10(6-4-9)23(26)27/h3-6,8,11-16H,7H2,1-2H3/t11-,12+,13+,14+,15-,16-/m1/s1. The molecule has 0 spiro atoms. The van der Waals surface area contributed by atoms with Crippen LogP contribution in [0.1, 0.15) is 20.3 Å². The van der Waals surface area contributed by atoms with Crippen LogP contribution in [0.3, 0.4) is 0 Å². The largest absolute Gasteiger partial charge is 0.280 e. The number of non-ortho nitro benzene ring substituents is 1. The number of nitrogens with zero attached hydrogens (tertiary/aromatic N) is 5. The summed E-state index contributed by atoms with van der Waals surface area (Å²) in [5.41, 5.74) is 0.738.